The summed E-state index contributed by atoms with van der Waals surface area (Å²) in [6.45, 7) is 3.86. The fraction of sp³-hybridized carbons (Fsp3) is 0.154. The van der Waals surface area contributed by atoms with Gasteiger partial charge in [0.15, 0.2) is 0 Å². The first-order valence-corrected chi connectivity index (χ1v) is 10.8. The van der Waals surface area contributed by atoms with Crippen LogP contribution in [-0.2, 0) is 13.0 Å². The van der Waals surface area contributed by atoms with Crippen LogP contribution in [0.3, 0.4) is 0 Å². The lowest BCUT2D eigenvalue weighted by molar-refractivity contribution is 0.630. The van der Waals surface area contributed by atoms with Crippen LogP contribution in [0.15, 0.2) is 67.3 Å². The molecule has 0 saturated heterocycles. The molecule has 32 heavy (non-hydrogen) atoms. The number of aromatic amines is 1. The Bertz CT molecular complexity index is 1450. The molecule has 0 amide bonds. The average molecular weight is 419 g/mol. The molecule has 5 heterocycles. The lowest BCUT2D eigenvalue weighted by Crippen LogP contribution is -2.24. The van der Waals surface area contributed by atoms with E-state index in [1.165, 1.54) is 11.3 Å². The zero-order chi connectivity index (χ0) is 21.5. The standard InChI is InChI=1S/C26H22N6/c1-16-3-2-4-24(32-16)26-25(30-15-31-26)17-5-6-22-18(9-17)10-19(13-28-22)20-11-21-12-27-8-7-23(21)29-14-20/h2-6,9-11,13-15,27H,7-8,12H2,1H3,(H,30,31). The van der Waals surface area contributed by atoms with Crippen molar-refractivity contribution in [2.75, 3.05) is 6.54 Å². The quantitative estimate of drug-likeness (QED) is 0.444. The van der Waals surface area contributed by atoms with Gasteiger partial charge in [-0.25, -0.2) is 4.98 Å². The van der Waals surface area contributed by atoms with Gasteiger partial charge in [0.25, 0.3) is 0 Å². The van der Waals surface area contributed by atoms with Crippen molar-refractivity contribution in [3.63, 3.8) is 0 Å². The molecule has 6 heteroatoms. The van der Waals surface area contributed by atoms with E-state index in [1.54, 1.807) is 6.33 Å². The molecule has 1 aromatic carbocycles. The second kappa shape index (κ2) is 7.66. The maximum absolute atomic E-state index is 4.70. The largest absolute Gasteiger partial charge is 0.343 e. The van der Waals surface area contributed by atoms with Crippen molar-refractivity contribution in [3.8, 4) is 33.8 Å². The van der Waals surface area contributed by atoms with E-state index in [0.29, 0.717) is 0 Å². The molecule has 0 saturated carbocycles. The zero-order valence-electron chi connectivity index (χ0n) is 17.8. The summed E-state index contributed by atoms with van der Waals surface area (Å²) in [7, 11) is 0. The Labute approximate surface area is 185 Å². The number of fused-ring (bicyclic) bond motifs is 2. The molecule has 6 rings (SSSR count). The summed E-state index contributed by atoms with van der Waals surface area (Å²) in [6, 6.07) is 16.7. The van der Waals surface area contributed by atoms with Crippen molar-refractivity contribution in [2.24, 2.45) is 0 Å². The molecule has 0 unspecified atom stereocenters. The van der Waals surface area contributed by atoms with E-state index < -0.39 is 0 Å². The molecule has 0 radical (unpaired) electrons. The average Bonchev–Trinajstić information content (AvgIpc) is 3.33. The Hall–Kier alpha value is -3.90. The van der Waals surface area contributed by atoms with Gasteiger partial charge >= 0.3 is 0 Å². The third-order valence-electron chi connectivity index (χ3n) is 5.99. The van der Waals surface area contributed by atoms with Crippen LogP contribution in [0.25, 0.3) is 44.7 Å². The number of benzene rings is 1. The fourth-order valence-electron chi connectivity index (χ4n) is 4.33. The van der Waals surface area contributed by atoms with E-state index in [9.17, 15) is 0 Å². The second-order valence-electron chi connectivity index (χ2n) is 8.18. The Morgan fingerprint density at radius 3 is 2.69 bits per heavy atom. The Morgan fingerprint density at radius 1 is 0.875 bits per heavy atom. The van der Waals surface area contributed by atoms with Gasteiger partial charge in [0.1, 0.15) is 0 Å². The van der Waals surface area contributed by atoms with E-state index in [-0.39, 0.29) is 0 Å². The van der Waals surface area contributed by atoms with Crippen LogP contribution in [0, 0.1) is 6.92 Å². The normalized spacial score (nSPS) is 13.3. The topological polar surface area (TPSA) is 79.4 Å². The smallest absolute Gasteiger partial charge is 0.0977 e. The minimum atomic E-state index is 0.871. The van der Waals surface area contributed by atoms with E-state index in [0.717, 1.165) is 69.9 Å². The molecule has 6 nitrogen and oxygen atoms in total. The summed E-state index contributed by atoms with van der Waals surface area (Å²) in [4.78, 5) is 21.9. The van der Waals surface area contributed by atoms with Crippen LogP contribution in [0.5, 0.6) is 0 Å². The molecule has 0 aliphatic carbocycles. The summed E-state index contributed by atoms with van der Waals surface area (Å²) >= 11 is 0. The number of hydrogen-bond donors (Lipinski definition) is 2. The van der Waals surface area contributed by atoms with Crippen molar-refractivity contribution in [2.45, 2.75) is 19.9 Å². The van der Waals surface area contributed by atoms with Crippen molar-refractivity contribution in [1.82, 2.24) is 30.2 Å². The monoisotopic (exact) mass is 418 g/mol. The predicted octanol–water partition coefficient (Wildman–Crippen LogP) is 4.70. The first kappa shape index (κ1) is 18.8. The first-order valence-electron chi connectivity index (χ1n) is 10.8. The Kier molecular flexibility index (Phi) is 4.51. The summed E-state index contributed by atoms with van der Waals surface area (Å²) in [5.41, 5.74) is 10.3. The van der Waals surface area contributed by atoms with Gasteiger partial charge in [-0.15, -0.1) is 0 Å². The summed E-state index contributed by atoms with van der Waals surface area (Å²) in [5.74, 6) is 0. The van der Waals surface area contributed by atoms with Crippen LogP contribution in [0.1, 0.15) is 17.0 Å². The zero-order valence-corrected chi connectivity index (χ0v) is 17.8. The van der Waals surface area contributed by atoms with Crippen LogP contribution in [-0.4, -0.2) is 31.5 Å². The molecule has 0 bridgehead atoms. The predicted molar refractivity (Wildman–Crippen MR) is 126 cm³/mol. The SMILES string of the molecule is Cc1cccc(-c2[nH]cnc2-c2ccc3ncc(-c4cnc5c(c4)CNCC5)cc3c2)n1. The minimum absolute atomic E-state index is 0.871. The first-order chi connectivity index (χ1) is 15.7. The maximum atomic E-state index is 4.70. The van der Waals surface area contributed by atoms with Gasteiger partial charge in [-0.2, -0.15) is 0 Å². The van der Waals surface area contributed by atoms with Gasteiger partial charge in [-0.05, 0) is 48.9 Å². The molecular formula is C26H22N6. The molecule has 1 aliphatic rings. The number of H-pyrrole nitrogens is 1. The van der Waals surface area contributed by atoms with Gasteiger partial charge in [-0.1, -0.05) is 12.1 Å². The van der Waals surface area contributed by atoms with Crippen molar-refractivity contribution < 1.29 is 0 Å². The lowest BCUT2D eigenvalue weighted by atomic mass is 10.00. The Balaban J connectivity index is 1.42. The lowest BCUT2D eigenvalue weighted by Gasteiger charge is -2.17. The van der Waals surface area contributed by atoms with Gasteiger partial charge in [-0.3, -0.25) is 15.0 Å². The molecule has 5 aromatic rings. The third kappa shape index (κ3) is 3.35. The Morgan fingerprint density at radius 2 is 1.75 bits per heavy atom. The molecule has 4 aromatic heterocycles. The number of nitrogens with zero attached hydrogens (tertiary/aromatic N) is 4. The fourth-order valence-corrected chi connectivity index (χ4v) is 4.33. The van der Waals surface area contributed by atoms with E-state index in [2.05, 4.69) is 44.5 Å². The highest BCUT2D eigenvalue weighted by Gasteiger charge is 2.14. The summed E-state index contributed by atoms with van der Waals surface area (Å²) < 4.78 is 0. The molecular weight excluding hydrogens is 396 g/mol. The van der Waals surface area contributed by atoms with Crippen molar-refractivity contribution >= 4 is 10.9 Å². The maximum Gasteiger partial charge on any atom is 0.0977 e. The molecule has 0 atom stereocenters. The number of rotatable bonds is 3. The molecule has 0 spiro atoms. The molecule has 2 N–H and O–H groups in total. The number of aromatic nitrogens is 5. The molecule has 156 valence electrons. The highest BCUT2D eigenvalue weighted by Crippen LogP contribution is 2.31. The second-order valence-corrected chi connectivity index (χ2v) is 8.18. The number of hydrogen-bond acceptors (Lipinski definition) is 5. The minimum Gasteiger partial charge on any atom is -0.343 e. The van der Waals surface area contributed by atoms with Crippen molar-refractivity contribution in [3.05, 3.63) is 84.2 Å². The van der Waals surface area contributed by atoms with Crippen molar-refractivity contribution in [1.29, 1.82) is 0 Å². The van der Waals surface area contributed by atoms with Crippen LogP contribution in [0.4, 0.5) is 0 Å². The van der Waals surface area contributed by atoms with E-state index in [1.807, 2.05) is 43.6 Å². The van der Waals surface area contributed by atoms with Crippen LogP contribution < -0.4 is 5.32 Å². The van der Waals surface area contributed by atoms with Gasteiger partial charge in [0.05, 0.1) is 28.9 Å². The van der Waals surface area contributed by atoms with Gasteiger partial charge in [0.2, 0.25) is 0 Å². The number of nitrogens with one attached hydrogen (secondary N) is 2. The highest BCUT2D eigenvalue weighted by molar-refractivity contribution is 5.89. The van der Waals surface area contributed by atoms with Gasteiger partial charge < -0.3 is 10.3 Å². The summed E-state index contributed by atoms with van der Waals surface area (Å²) in [6.07, 6.45) is 6.60. The van der Waals surface area contributed by atoms with Gasteiger partial charge in [0, 0.05) is 65.4 Å². The number of aryl methyl sites for hydroxylation is 1. The molecule has 1 aliphatic heterocycles. The van der Waals surface area contributed by atoms with Crippen LogP contribution >= 0.6 is 0 Å². The number of pyridine rings is 3. The highest BCUT2D eigenvalue weighted by atomic mass is 14.9. The number of imidazole rings is 1. The third-order valence-corrected chi connectivity index (χ3v) is 5.99. The van der Waals surface area contributed by atoms with E-state index >= 15 is 0 Å². The van der Waals surface area contributed by atoms with Crippen LogP contribution in [0.2, 0.25) is 0 Å². The summed E-state index contributed by atoms with van der Waals surface area (Å²) in [5, 5.41) is 4.50. The molecule has 0 fully saturated rings. The van der Waals surface area contributed by atoms with E-state index in [4.69, 9.17) is 9.97 Å².